The summed E-state index contributed by atoms with van der Waals surface area (Å²) in [6.07, 6.45) is -1.01. The van der Waals surface area contributed by atoms with E-state index in [9.17, 15) is 33.6 Å². The van der Waals surface area contributed by atoms with Crippen LogP contribution in [0, 0.1) is 0 Å². The SMILES string of the molecule is NCCCCC(NC(=O)C(N)CC(N)=O)C(=O)NC(CC(N)=O)C(=O)NC(CC(N)=O)C(=O)O. The first-order valence-corrected chi connectivity index (χ1v) is 10.2. The van der Waals surface area contributed by atoms with Crippen molar-refractivity contribution in [2.45, 2.75) is 62.7 Å². The second-order valence-corrected chi connectivity index (χ2v) is 7.42. The van der Waals surface area contributed by atoms with Gasteiger partial charge in [0.15, 0.2) is 0 Å². The van der Waals surface area contributed by atoms with Gasteiger partial charge >= 0.3 is 5.97 Å². The summed E-state index contributed by atoms with van der Waals surface area (Å²) in [5.74, 6) is -7.35. The highest BCUT2D eigenvalue weighted by molar-refractivity contribution is 5.97. The monoisotopic (exact) mass is 488 g/mol. The third-order valence-electron chi connectivity index (χ3n) is 4.40. The van der Waals surface area contributed by atoms with E-state index in [2.05, 4.69) is 10.6 Å². The molecule has 0 spiro atoms. The number of unbranched alkanes of at least 4 members (excludes halogenated alkanes) is 1. The van der Waals surface area contributed by atoms with Crippen LogP contribution in [-0.4, -0.2) is 77.2 Å². The molecule has 0 aliphatic rings. The van der Waals surface area contributed by atoms with Gasteiger partial charge in [0, 0.05) is 0 Å². The van der Waals surface area contributed by atoms with Gasteiger partial charge in [0.05, 0.1) is 25.3 Å². The first-order valence-electron chi connectivity index (χ1n) is 10.2. The Morgan fingerprint density at radius 2 is 1.09 bits per heavy atom. The Kier molecular flexibility index (Phi) is 13.4. The highest BCUT2D eigenvalue weighted by atomic mass is 16.4. The lowest BCUT2D eigenvalue weighted by Crippen LogP contribution is -2.58. The highest BCUT2D eigenvalue weighted by Crippen LogP contribution is 2.05. The number of rotatable bonds is 17. The Bertz CT molecular complexity index is 790. The molecule has 0 bridgehead atoms. The maximum absolute atomic E-state index is 12.8. The van der Waals surface area contributed by atoms with Gasteiger partial charge < -0.3 is 49.7 Å². The summed E-state index contributed by atoms with van der Waals surface area (Å²) in [5.41, 5.74) is 26.1. The molecule has 0 saturated carbocycles. The standard InChI is InChI=1S/C18H32N8O8/c19-4-2-1-3-9(24-15(30)8(20)5-12(21)27)16(31)25-10(6-13(22)28)17(32)26-11(18(33)34)7-14(23)29/h8-11H,1-7,19-20H2,(H2,21,27)(H2,22,28)(H2,23,29)(H,24,30)(H,25,31)(H,26,32)(H,33,34). The summed E-state index contributed by atoms with van der Waals surface area (Å²) in [6.45, 7) is 0.298. The van der Waals surface area contributed by atoms with Gasteiger partial charge in [-0.05, 0) is 25.8 Å². The predicted molar refractivity (Wildman–Crippen MR) is 116 cm³/mol. The molecule has 0 aliphatic heterocycles. The van der Waals surface area contributed by atoms with Crippen molar-refractivity contribution in [3.63, 3.8) is 0 Å². The molecule has 0 heterocycles. The van der Waals surface area contributed by atoms with E-state index in [1.165, 1.54) is 0 Å². The van der Waals surface area contributed by atoms with Crippen molar-refractivity contribution in [3.05, 3.63) is 0 Å². The molecular weight excluding hydrogens is 456 g/mol. The third-order valence-corrected chi connectivity index (χ3v) is 4.40. The number of carbonyl (C=O) groups excluding carboxylic acids is 6. The van der Waals surface area contributed by atoms with Gasteiger partial charge in [-0.15, -0.1) is 0 Å². The second kappa shape index (κ2) is 15.1. The lowest BCUT2D eigenvalue weighted by Gasteiger charge is -2.24. The van der Waals surface area contributed by atoms with E-state index in [4.69, 9.17) is 33.8 Å². The minimum Gasteiger partial charge on any atom is -0.480 e. The first-order chi connectivity index (χ1) is 15.8. The summed E-state index contributed by atoms with van der Waals surface area (Å²) in [5, 5.41) is 15.7. The summed E-state index contributed by atoms with van der Waals surface area (Å²) in [4.78, 5) is 82.2. The van der Waals surface area contributed by atoms with Crippen molar-refractivity contribution >= 4 is 41.4 Å². The van der Waals surface area contributed by atoms with Crippen molar-refractivity contribution < 1.29 is 38.7 Å². The minimum atomic E-state index is -1.72. The number of hydrogen-bond donors (Lipinski definition) is 9. The molecule has 0 aromatic rings. The van der Waals surface area contributed by atoms with Crippen LogP contribution in [0.1, 0.15) is 38.5 Å². The van der Waals surface area contributed by atoms with Crippen molar-refractivity contribution in [3.8, 4) is 0 Å². The van der Waals surface area contributed by atoms with Crippen LogP contribution in [-0.2, 0) is 33.6 Å². The first kappa shape index (κ1) is 30.2. The molecule has 16 nitrogen and oxygen atoms in total. The van der Waals surface area contributed by atoms with E-state index in [0.717, 1.165) is 0 Å². The summed E-state index contributed by atoms with van der Waals surface area (Å²) >= 11 is 0. The largest absolute Gasteiger partial charge is 0.480 e. The van der Waals surface area contributed by atoms with Crippen molar-refractivity contribution in [1.29, 1.82) is 0 Å². The van der Waals surface area contributed by atoms with Gasteiger partial charge in [-0.25, -0.2) is 4.79 Å². The van der Waals surface area contributed by atoms with Crippen LogP contribution in [0.3, 0.4) is 0 Å². The Morgan fingerprint density at radius 3 is 1.56 bits per heavy atom. The molecule has 4 atom stereocenters. The van der Waals surface area contributed by atoms with Crippen molar-refractivity contribution in [2.75, 3.05) is 6.54 Å². The Morgan fingerprint density at radius 1 is 0.647 bits per heavy atom. The Labute approximate surface area is 194 Å². The van der Waals surface area contributed by atoms with Gasteiger partial charge in [0.2, 0.25) is 35.4 Å². The highest BCUT2D eigenvalue weighted by Gasteiger charge is 2.31. The predicted octanol–water partition coefficient (Wildman–Crippen LogP) is -5.39. The third kappa shape index (κ3) is 12.3. The number of hydrogen-bond acceptors (Lipinski definition) is 9. The topological polar surface area (TPSA) is 306 Å². The molecule has 0 rings (SSSR count). The number of nitrogens with two attached hydrogens (primary N) is 5. The normalized spacial score (nSPS) is 14.1. The van der Waals surface area contributed by atoms with E-state index >= 15 is 0 Å². The molecule has 0 saturated heterocycles. The van der Waals surface area contributed by atoms with Crippen LogP contribution < -0.4 is 44.6 Å². The van der Waals surface area contributed by atoms with E-state index in [0.29, 0.717) is 19.4 Å². The number of aliphatic carboxylic acids is 1. The van der Waals surface area contributed by atoms with Gasteiger partial charge in [-0.1, -0.05) is 0 Å². The van der Waals surface area contributed by atoms with Gasteiger partial charge in [0.25, 0.3) is 0 Å². The van der Waals surface area contributed by atoms with Crippen LogP contribution in [0.25, 0.3) is 0 Å². The maximum atomic E-state index is 12.8. The van der Waals surface area contributed by atoms with Crippen LogP contribution in [0.4, 0.5) is 0 Å². The fourth-order valence-electron chi connectivity index (χ4n) is 2.71. The van der Waals surface area contributed by atoms with Gasteiger partial charge in [-0.3, -0.25) is 28.8 Å². The van der Waals surface area contributed by atoms with E-state index in [1.54, 1.807) is 0 Å². The molecule has 6 amide bonds. The molecule has 14 N–H and O–H groups in total. The Hall–Kier alpha value is -3.79. The smallest absolute Gasteiger partial charge is 0.326 e. The molecule has 192 valence electrons. The maximum Gasteiger partial charge on any atom is 0.326 e. The number of amides is 6. The average Bonchev–Trinajstić information content (AvgIpc) is 2.70. The lowest BCUT2D eigenvalue weighted by atomic mass is 10.1. The van der Waals surface area contributed by atoms with E-state index in [1.807, 2.05) is 5.32 Å². The van der Waals surface area contributed by atoms with Crippen molar-refractivity contribution in [1.82, 2.24) is 16.0 Å². The molecule has 0 aromatic heterocycles. The zero-order valence-corrected chi connectivity index (χ0v) is 18.5. The number of primary amides is 3. The summed E-state index contributed by atoms with van der Waals surface area (Å²) < 4.78 is 0. The van der Waals surface area contributed by atoms with Gasteiger partial charge in [0.1, 0.15) is 18.1 Å². The van der Waals surface area contributed by atoms with E-state index < -0.39 is 84.8 Å². The van der Waals surface area contributed by atoms with Crippen LogP contribution in [0.2, 0.25) is 0 Å². The fourth-order valence-corrected chi connectivity index (χ4v) is 2.71. The molecule has 0 aliphatic carbocycles. The van der Waals surface area contributed by atoms with Crippen molar-refractivity contribution in [2.24, 2.45) is 28.7 Å². The van der Waals surface area contributed by atoms with Crippen LogP contribution in [0.15, 0.2) is 0 Å². The second-order valence-electron chi connectivity index (χ2n) is 7.42. The number of carbonyl (C=O) groups is 7. The van der Waals surface area contributed by atoms with Gasteiger partial charge in [-0.2, -0.15) is 0 Å². The summed E-state index contributed by atoms with van der Waals surface area (Å²) in [6, 6.07) is -5.93. The Balaban J connectivity index is 5.56. The fraction of sp³-hybridized carbons (Fsp3) is 0.611. The molecule has 0 aromatic carbocycles. The van der Waals surface area contributed by atoms with Crippen LogP contribution in [0.5, 0.6) is 0 Å². The molecule has 16 heteroatoms. The average molecular weight is 489 g/mol. The van der Waals surface area contributed by atoms with E-state index in [-0.39, 0.29) is 6.42 Å². The zero-order valence-electron chi connectivity index (χ0n) is 18.5. The quantitative estimate of drug-likeness (QED) is 0.0874. The minimum absolute atomic E-state index is 0.0579. The number of carboxylic acid groups (broad SMARTS) is 1. The molecular formula is C18H32N8O8. The molecule has 4 unspecified atom stereocenters. The number of nitrogens with one attached hydrogen (secondary N) is 3. The lowest BCUT2D eigenvalue weighted by molar-refractivity contribution is -0.144. The number of carboxylic acids is 1. The summed E-state index contributed by atoms with van der Waals surface area (Å²) in [7, 11) is 0. The molecule has 34 heavy (non-hydrogen) atoms. The van der Waals surface area contributed by atoms with Crippen LogP contribution >= 0.6 is 0 Å². The zero-order chi connectivity index (χ0) is 26.4. The molecule has 0 fully saturated rings. The molecule has 0 radical (unpaired) electrons.